The fourth-order valence-corrected chi connectivity index (χ4v) is 4.07. The maximum Gasteiger partial charge on any atom is 0.224 e. The van der Waals surface area contributed by atoms with E-state index in [0.717, 1.165) is 49.8 Å². The normalized spacial score (nSPS) is 19.8. The molecule has 1 N–H and O–H groups in total. The first-order valence-corrected chi connectivity index (χ1v) is 9.96. The molecule has 0 bridgehead atoms. The van der Waals surface area contributed by atoms with Gasteiger partial charge in [0.05, 0.1) is 0 Å². The molecule has 2 aliphatic rings. The van der Waals surface area contributed by atoms with Gasteiger partial charge in [-0.3, -0.25) is 4.79 Å². The molecule has 4 heteroatoms. The maximum absolute atomic E-state index is 12.3. The van der Waals surface area contributed by atoms with Gasteiger partial charge in [0.25, 0.3) is 0 Å². The summed E-state index contributed by atoms with van der Waals surface area (Å²) in [5.41, 5.74) is 3.39. The Bertz CT molecular complexity index is 573. The summed E-state index contributed by atoms with van der Waals surface area (Å²) in [7, 11) is 2.18. The monoisotopic (exact) mass is 343 g/mol. The predicted octanol–water partition coefficient (Wildman–Crippen LogP) is 4.05. The number of nitrogens with zero attached hydrogens (tertiary/aromatic N) is 2. The number of hydrogen-bond donors (Lipinski definition) is 1. The number of likely N-dealkylation sites (N-methyl/N-ethyl adjacent to an activating group) is 1. The molecule has 0 spiro atoms. The van der Waals surface area contributed by atoms with Gasteiger partial charge in [0.1, 0.15) is 0 Å². The minimum atomic E-state index is 0.168. The smallest absolute Gasteiger partial charge is 0.224 e. The number of piperazine rings is 1. The largest absolute Gasteiger partial charge is 0.369 e. The van der Waals surface area contributed by atoms with Crippen LogP contribution in [-0.4, -0.2) is 44.0 Å². The number of carbonyl (C=O) groups is 1. The van der Waals surface area contributed by atoms with Crippen LogP contribution in [0.3, 0.4) is 0 Å². The molecule has 25 heavy (non-hydrogen) atoms. The molecule has 1 saturated carbocycles. The lowest BCUT2D eigenvalue weighted by Crippen LogP contribution is -2.44. The van der Waals surface area contributed by atoms with Gasteiger partial charge in [0.2, 0.25) is 5.91 Å². The van der Waals surface area contributed by atoms with Crippen molar-refractivity contribution < 1.29 is 4.79 Å². The molecule has 0 aromatic heterocycles. The standard InChI is InChI=1S/C21H33N3O/c1-17-16-19(24-14-12-23(2)13-15-24)9-10-20(17)22-21(25)11-8-18-6-4-3-5-7-18/h9-10,16,18H,3-8,11-15H2,1-2H3,(H,22,25). The average Bonchev–Trinajstić information content (AvgIpc) is 2.63. The summed E-state index contributed by atoms with van der Waals surface area (Å²) < 4.78 is 0. The molecule has 1 aromatic carbocycles. The lowest BCUT2D eigenvalue weighted by molar-refractivity contribution is -0.116. The van der Waals surface area contributed by atoms with Crippen molar-refractivity contribution in [3.63, 3.8) is 0 Å². The first-order valence-electron chi connectivity index (χ1n) is 9.96. The van der Waals surface area contributed by atoms with Crippen LogP contribution >= 0.6 is 0 Å². The second-order valence-electron chi connectivity index (χ2n) is 7.88. The minimum Gasteiger partial charge on any atom is -0.369 e. The SMILES string of the molecule is Cc1cc(N2CCN(C)CC2)ccc1NC(=O)CCC1CCCCC1. The maximum atomic E-state index is 12.3. The van der Waals surface area contributed by atoms with E-state index in [1.54, 1.807) is 0 Å². The van der Waals surface area contributed by atoms with E-state index in [0.29, 0.717) is 6.42 Å². The van der Waals surface area contributed by atoms with Gasteiger partial charge in [-0.25, -0.2) is 0 Å². The molecule has 0 radical (unpaired) electrons. The Hall–Kier alpha value is -1.55. The van der Waals surface area contributed by atoms with E-state index in [4.69, 9.17) is 0 Å². The second-order valence-corrected chi connectivity index (χ2v) is 7.88. The number of nitrogens with one attached hydrogen (secondary N) is 1. The molecule has 1 amide bonds. The molecule has 4 nitrogen and oxygen atoms in total. The molecule has 1 aromatic rings. The number of hydrogen-bond acceptors (Lipinski definition) is 3. The second kappa shape index (κ2) is 8.70. The Labute approximate surface area is 152 Å². The number of aryl methyl sites for hydroxylation is 1. The summed E-state index contributed by atoms with van der Waals surface area (Å²) in [6.45, 7) is 6.46. The van der Waals surface area contributed by atoms with Crippen molar-refractivity contribution >= 4 is 17.3 Å². The van der Waals surface area contributed by atoms with Crippen LogP contribution in [0.1, 0.15) is 50.5 Å². The van der Waals surface area contributed by atoms with Gasteiger partial charge in [-0.15, -0.1) is 0 Å². The topological polar surface area (TPSA) is 35.6 Å². The molecular formula is C21H33N3O. The van der Waals surface area contributed by atoms with E-state index in [1.807, 2.05) is 0 Å². The summed E-state index contributed by atoms with van der Waals surface area (Å²) in [5, 5.41) is 3.12. The predicted molar refractivity (Wildman–Crippen MR) is 105 cm³/mol. The highest BCUT2D eigenvalue weighted by Gasteiger charge is 2.17. The Balaban J connectivity index is 1.51. The van der Waals surface area contributed by atoms with E-state index >= 15 is 0 Å². The van der Waals surface area contributed by atoms with Crippen LogP contribution in [0.25, 0.3) is 0 Å². The summed E-state index contributed by atoms with van der Waals surface area (Å²) in [6.07, 6.45) is 8.40. The molecule has 3 rings (SSSR count). The third-order valence-electron chi connectivity index (χ3n) is 5.86. The Kier molecular flexibility index (Phi) is 6.35. The fraction of sp³-hybridized carbons (Fsp3) is 0.667. The highest BCUT2D eigenvalue weighted by molar-refractivity contribution is 5.91. The third-order valence-corrected chi connectivity index (χ3v) is 5.86. The van der Waals surface area contributed by atoms with Crippen molar-refractivity contribution in [3.05, 3.63) is 23.8 Å². The quantitative estimate of drug-likeness (QED) is 0.876. The zero-order chi connectivity index (χ0) is 17.6. The molecule has 1 saturated heterocycles. The van der Waals surface area contributed by atoms with Gasteiger partial charge < -0.3 is 15.1 Å². The van der Waals surface area contributed by atoms with Crippen LogP contribution in [0.4, 0.5) is 11.4 Å². The minimum absolute atomic E-state index is 0.168. The van der Waals surface area contributed by atoms with Crippen LogP contribution < -0.4 is 10.2 Å². The van der Waals surface area contributed by atoms with Crippen LogP contribution in [-0.2, 0) is 4.79 Å². The number of benzene rings is 1. The molecule has 1 heterocycles. The van der Waals surface area contributed by atoms with Crippen molar-refractivity contribution in [2.24, 2.45) is 5.92 Å². The Morgan fingerprint density at radius 3 is 2.52 bits per heavy atom. The molecule has 2 fully saturated rings. The van der Waals surface area contributed by atoms with Gasteiger partial charge in [-0.1, -0.05) is 32.1 Å². The van der Waals surface area contributed by atoms with Crippen molar-refractivity contribution in [3.8, 4) is 0 Å². The van der Waals surface area contributed by atoms with Crippen molar-refractivity contribution in [1.29, 1.82) is 0 Å². The van der Waals surface area contributed by atoms with Gasteiger partial charge in [-0.2, -0.15) is 0 Å². The Morgan fingerprint density at radius 2 is 1.84 bits per heavy atom. The zero-order valence-electron chi connectivity index (χ0n) is 15.9. The van der Waals surface area contributed by atoms with E-state index in [2.05, 4.69) is 47.3 Å². The molecule has 0 atom stereocenters. The first kappa shape index (κ1) is 18.2. The summed E-state index contributed by atoms with van der Waals surface area (Å²) in [5.74, 6) is 0.932. The lowest BCUT2D eigenvalue weighted by atomic mass is 9.86. The van der Waals surface area contributed by atoms with Crippen LogP contribution in [0.5, 0.6) is 0 Å². The van der Waals surface area contributed by atoms with Gasteiger partial charge in [0.15, 0.2) is 0 Å². The molecular weight excluding hydrogens is 310 g/mol. The molecule has 1 aliphatic carbocycles. The summed E-state index contributed by atoms with van der Waals surface area (Å²) >= 11 is 0. The highest BCUT2D eigenvalue weighted by Crippen LogP contribution is 2.28. The number of amides is 1. The zero-order valence-corrected chi connectivity index (χ0v) is 15.9. The fourth-order valence-electron chi connectivity index (χ4n) is 4.07. The van der Waals surface area contributed by atoms with Crippen LogP contribution in [0, 0.1) is 12.8 Å². The van der Waals surface area contributed by atoms with Crippen LogP contribution in [0.15, 0.2) is 18.2 Å². The highest BCUT2D eigenvalue weighted by atomic mass is 16.1. The van der Waals surface area contributed by atoms with E-state index in [1.165, 1.54) is 37.8 Å². The molecule has 1 aliphatic heterocycles. The molecule has 138 valence electrons. The van der Waals surface area contributed by atoms with E-state index in [9.17, 15) is 4.79 Å². The van der Waals surface area contributed by atoms with Crippen molar-refractivity contribution in [2.45, 2.75) is 51.9 Å². The van der Waals surface area contributed by atoms with E-state index < -0.39 is 0 Å². The van der Waals surface area contributed by atoms with Crippen molar-refractivity contribution in [1.82, 2.24) is 4.90 Å². The summed E-state index contributed by atoms with van der Waals surface area (Å²) in [4.78, 5) is 17.1. The first-order chi connectivity index (χ1) is 12.1. The number of rotatable bonds is 5. The van der Waals surface area contributed by atoms with Gasteiger partial charge in [0, 0.05) is 44.0 Å². The number of anilines is 2. The number of carbonyl (C=O) groups excluding carboxylic acids is 1. The van der Waals surface area contributed by atoms with Gasteiger partial charge in [-0.05, 0) is 50.1 Å². The molecule has 0 unspecified atom stereocenters. The van der Waals surface area contributed by atoms with Crippen LogP contribution in [0.2, 0.25) is 0 Å². The third kappa shape index (κ3) is 5.21. The average molecular weight is 344 g/mol. The van der Waals surface area contributed by atoms with E-state index in [-0.39, 0.29) is 5.91 Å². The van der Waals surface area contributed by atoms with Crippen molar-refractivity contribution in [2.75, 3.05) is 43.4 Å². The van der Waals surface area contributed by atoms with Gasteiger partial charge >= 0.3 is 0 Å². The Morgan fingerprint density at radius 1 is 1.12 bits per heavy atom. The summed E-state index contributed by atoms with van der Waals surface area (Å²) in [6, 6.07) is 6.43. The lowest BCUT2D eigenvalue weighted by Gasteiger charge is -2.34.